The van der Waals surface area contributed by atoms with Crippen molar-refractivity contribution in [3.8, 4) is 0 Å². The van der Waals surface area contributed by atoms with E-state index in [-0.39, 0.29) is 22.5 Å². The molecule has 28 heavy (non-hydrogen) atoms. The van der Waals surface area contributed by atoms with E-state index in [9.17, 15) is 23.9 Å². The van der Waals surface area contributed by atoms with Gasteiger partial charge >= 0.3 is 5.97 Å². The molecule has 0 unspecified atom stereocenters. The number of rotatable bonds is 5. The molecule has 0 bridgehead atoms. The molecule has 0 aliphatic carbocycles. The summed E-state index contributed by atoms with van der Waals surface area (Å²) in [6, 6.07) is 10.3. The van der Waals surface area contributed by atoms with Crippen LogP contribution in [0.4, 0.5) is 4.39 Å². The van der Waals surface area contributed by atoms with Gasteiger partial charge in [-0.2, -0.15) is 0 Å². The fraction of sp³-hybridized carbons (Fsp3) is 0.0500. The fourth-order valence-corrected chi connectivity index (χ4v) is 3.05. The SMILES string of the molecule is O=C(O)C(=O)C=C(O)c1cn(Cc2ccc(F)cc2)c2c(Cl)cccc2c1=O. The van der Waals surface area contributed by atoms with E-state index < -0.39 is 28.8 Å². The number of fused-ring (bicyclic) bond motifs is 1. The Morgan fingerprint density at radius 3 is 2.43 bits per heavy atom. The van der Waals surface area contributed by atoms with Crippen molar-refractivity contribution < 1.29 is 24.2 Å². The van der Waals surface area contributed by atoms with Gasteiger partial charge in [0.2, 0.25) is 0 Å². The zero-order valence-corrected chi connectivity index (χ0v) is 15.0. The van der Waals surface area contributed by atoms with Crippen LogP contribution in [0.5, 0.6) is 0 Å². The number of carboxylic acids is 1. The Morgan fingerprint density at radius 1 is 1.11 bits per heavy atom. The number of hydrogen-bond donors (Lipinski definition) is 2. The lowest BCUT2D eigenvalue weighted by molar-refractivity contribution is -0.146. The van der Waals surface area contributed by atoms with Gasteiger partial charge in [0, 0.05) is 24.2 Å². The third-order valence-electron chi connectivity index (χ3n) is 4.07. The maximum Gasteiger partial charge on any atom is 0.376 e. The average molecular weight is 402 g/mol. The molecule has 142 valence electrons. The number of carbonyl (C=O) groups is 2. The van der Waals surface area contributed by atoms with E-state index in [0.717, 1.165) is 0 Å². The van der Waals surface area contributed by atoms with Gasteiger partial charge in [-0.05, 0) is 29.8 Å². The van der Waals surface area contributed by atoms with Gasteiger partial charge in [0.25, 0.3) is 5.78 Å². The van der Waals surface area contributed by atoms with Crippen LogP contribution in [-0.4, -0.2) is 26.5 Å². The molecular formula is C20H13ClFNO5. The number of ketones is 1. The smallest absolute Gasteiger partial charge is 0.376 e. The van der Waals surface area contributed by atoms with Crippen LogP contribution in [-0.2, 0) is 16.1 Å². The Hall–Kier alpha value is -3.45. The molecule has 0 aliphatic rings. The summed E-state index contributed by atoms with van der Waals surface area (Å²) < 4.78 is 14.7. The lowest BCUT2D eigenvalue weighted by Gasteiger charge is -2.15. The van der Waals surface area contributed by atoms with Gasteiger partial charge < -0.3 is 14.8 Å². The topological polar surface area (TPSA) is 96.6 Å². The van der Waals surface area contributed by atoms with Crippen LogP contribution in [0.1, 0.15) is 11.1 Å². The summed E-state index contributed by atoms with van der Waals surface area (Å²) in [5.74, 6) is -4.30. The zero-order chi connectivity index (χ0) is 20.4. The van der Waals surface area contributed by atoms with Crippen LogP contribution in [0, 0.1) is 5.82 Å². The molecule has 2 N–H and O–H groups in total. The maximum atomic E-state index is 13.2. The van der Waals surface area contributed by atoms with Gasteiger partial charge in [-0.15, -0.1) is 0 Å². The summed E-state index contributed by atoms with van der Waals surface area (Å²) >= 11 is 6.25. The number of aliphatic hydroxyl groups is 1. The van der Waals surface area contributed by atoms with Crippen molar-refractivity contribution in [3.63, 3.8) is 0 Å². The van der Waals surface area contributed by atoms with E-state index >= 15 is 0 Å². The number of nitrogens with zero attached hydrogens (tertiary/aromatic N) is 1. The number of para-hydroxylation sites is 1. The van der Waals surface area contributed by atoms with Crippen molar-refractivity contribution in [1.82, 2.24) is 4.57 Å². The molecule has 0 radical (unpaired) electrons. The number of aliphatic carboxylic acids is 1. The maximum absolute atomic E-state index is 13.2. The van der Waals surface area contributed by atoms with E-state index in [0.29, 0.717) is 17.2 Å². The molecule has 3 rings (SSSR count). The van der Waals surface area contributed by atoms with E-state index in [1.54, 1.807) is 28.8 Å². The van der Waals surface area contributed by atoms with Gasteiger partial charge in [-0.3, -0.25) is 9.59 Å². The highest BCUT2D eigenvalue weighted by Crippen LogP contribution is 2.24. The molecule has 1 heterocycles. The van der Waals surface area contributed by atoms with Crippen molar-refractivity contribution in [3.05, 3.63) is 86.9 Å². The molecule has 2 aromatic carbocycles. The summed E-state index contributed by atoms with van der Waals surface area (Å²) in [6.45, 7) is 0.188. The molecule has 0 aliphatic heterocycles. The number of carbonyl (C=O) groups excluding carboxylic acids is 1. The normalized spacial score (nSPS) is 11.6. The predicted octanol–water partition coefficient (Wildman–Crippen LogP) is 3.39. The second-order valence-electron chi connectivity index (χ2n) is 5.96. The third-order valence-corrected chi connectivity index (χ3v) is 4.37. The highest BCUT2D eigenvalue weighted by atomic mass is 35.5. The molecule has 0 saturated heterocycles. The quantitative estimate of drug-likeness (QED) is 0.388. The van der Waals surface area contributed by atoms with Crippen LogP contribution in [0.2, 0.25) is 5.02 Å². The minimum absolute atomic E-state index is 0.176. The second-order valence-corrected chi connectivity index (χ2v) is 6.37. The van der Waals surface area contributed by atoms with Crippen molar-refractivity contribution >= 4 is 40.0 Å². The van der Waals surface area contributed by atoms with Crippen LogP contribution < -0.4 is 5.43 Å². The van der Waals surface area contributed by atoms with Crippen LogP contribution in [0.15, 0.2) is 59.5 Å². The largest absolute Gasteiger partial charge is 0.507 e. The molecule has 3 aromatic rings. The summed E-state index contributed by atoms with van der Waals surface area (Å²) in [4.78, 5) is 34.8. The summed E-state index contributed by atoms with van der Waals surface area (Å²) in [5, 5.41) is 19.3. The fourth-order valence-electron chi connectivity index (χ4n) is 2.77. The highest BCUT2D eigenvalue weighted by Gasteiger charge is 2.17. The van der Waals surface area contributed by atoms with Crippen molar-refractivity contribution in [2.45, 2.75) is 6.54 Å². The monoisotopic (exact) mass is 401 g/mol. The molecule has 0 amide bonds. The number of halogens is 2. The number of pyridine rings is 1. The number of carboxylic acid groups (broad SMARTS) is 1. The van der Waals surface area contributed by atoms with Gasteiger partial charge in [-0.1, -0.05) is 29.8 Å². The predicted molar refractivity (Wildman–Crippen MR) is 102 cm³/mol. The Labute approximate surface area is 162 Å². The number of aliphatic hydroxyl groups excluding tert-OH is 1. The summed E-state index contributed by atoms with van der Waals surface area (Å²) in [5.41, 5.74) is 0.216. The summed E-state index contributed by atoms with van der Waals surface area (Å²) in [7, 11) is 0. The van der Waals surface area contributed by atoms with Gasteiger partial charge in [0.15, 0.2) is 5.43 Å². The molecule has 0 saturated carbocycles. The number of aromatic nitrogens is 1. The molecular weight excluding hydrogens is 389 g/mol. The molecule has 8 heteroatoms. The number of benzene rings is 2. The van der Waals surface area contributed by atoms with Gasteiger partial charge in [0.05, 0.1) is 16.1 Å². The van der Waals surface area contributed by atoms with Gasteiger partial charge in [-0.25, -0.2) is 9.18 Å². The van der Waals surface area contributed by atoms with Crippen molar-refractivity contribution in [2.24, 2.45) is 0 Å². The first kappa shape index (κ1) is 19.3. The van der Waals surface area contributed by atoms with Crippen molar-refractivity contribution in [2.75, 3.05) is 0 Å². The minimum atomic E-state index is -1.76. The van der Waals surface area contributed by atoms with Crippen LogP contribution in [0.3, 0.4) is 0 Å². The zero-order valence-electron chi connectivity index (χ0n) is 14.2. The Bertz CT molecular complexity index is 1180. The summed E-state index contributed by atoms with van der Waals surface area (Å²) in [6.07, 6.45) is 1.75. The second kappa shape index (κ2) is 7.66. The molecule has 0 spiro atoms. The van der Waals surface area contributed by atoms with Crippen molar-refractivity contribution in [1.29, 1.82) is 0 Å². The Morgan fingerprint density at radius 2 is 1.79 bits per heavy atom. The Balaban J connectivity index is 2.23. The van der Waals surface area contributed by atoms with E-state index in [4.69, 9.17) is 16.7 Å². The molecule has 0 fully saturated rings. The first-order valence-corrected chi connectivity index (χ1v) is 8.40. The molecule has 0 atom stereocenters. The lowest BCUT2D eigenvalue weighted by Crippen LogP contribution is -2.17. The molecule has 1 aromatic heterocycles. The third kappa shape index (κ3) is 3.79. The number of hydrogen-bond acceptors (Lipinski definition) is 4. The van der Waals surface area contributed by atoms with Crippen LogP contribution in [0.25, 0.3) is 16.7 Å². The Kier molecular flexibility index (Phi) is 5.28. The van der Waals surface area contributed by atoms with E-state index in [1.807, 2.05) is 0 Å². The molecule has 6 nitrogen and oxygen atoms in total. The highest BCUT2D eigenvalue weighted by molar-refractivity contribution is 6.38. The van der Waals surface area contributed by atoms with E-state index in [2.05, 4.69) is 0 Å². The average Bonchev–Trinajstić information content (AvgIpc) is 2.65. The van der Waals surface area contributed by atoms with E-state index in [1.165, 1.54) is 24.4 Å². The van der Waals surface area contributed by atoms with Crippen LogP contribution >= 0.6 is 11.6 Å². The van der Waals surface area contributed by atoms with Gasteiger partial charge in [0.1, 0.15) is 11.6 Å². The first-order valence-electron chi connectivity index (χ1n) is 8.02. The lowest BCUT2D eigenvalue weighted by atomic mass is 10.1. The standard InChI is InChI=1S/C20H13ClFNO5/c21-15-3-1-2-13-18(15)23(9-11-4-6-12(22)7-5-11)10-14(19(13)26)16(24)8-17(25)20(27)28/h1-8,10,24H,9H2,(H,27,28). The minimum Gasteiger partial charge on any atom is -0.507 e. The first-order chi connectivity index (χ1) is 13.3.